The highest BCUT2D eigenvalue weighted by atomic mass is 16.3. The van der Waals surface area contributed by atoms with Gasteiger partial charge < -0.3 is 4.42 Å². The van der Waals surface area contributed by atoms with E-state index in [4.69, 9.17) is 14.9 Å². The number of hydrogen-bond donors (Lipinski definition) is 0. The van der Waals surface area contributed by atoms with Crippen molar-refractivity contribution in [1.29, 1.82) is 10.5 Å². The van der Waals surface area contributed by atoms with Gasteiger partial charge in [0, 0.05) is 0 Å². The zero-order valence-electron chi connectivity index (χ0n) is 9.68. The van der Waals surface area contributed by atoms with E-state index in [2.05, 4.69) is 0 Å². The van der Waals surface area contributed by atoms with Crippen molar-refractivity contribution in [2.24, 2.45) is 0 Å². The molecule has 0 unspecified atom stereocenters. The average molecular weight is 246 g/mol. The molecule has 0 aliphatic heterocycles. The molecule has 0 saturated carbocycles. The van der Waals surface area contributed by atoms with E-state index in [1.807, 2.05) is 12.1 Å². The van der Waals surface area contributed by atoms with Crippen LogP contribution in [0.15, 0.2) is 45.6 Å². The molecule has 3 aromatic rings. The molecule has 88 valence electrons. The van der Waals surface area contributed by atoms with Crippen LogP contribution in [0.2, 0.25) is 0 Å². The van der Waals surface area contributed by atoms with Gasteiger partial charge in [-0.2, -0.15) is 10.5 Å². The highest BCUT2D eigenvalue weighted by Gasteiger charge is 2.11. The summed E-state index contributed by atoms with van der Waals surface area (Å²) in [4.78, 5) is 12.4. The lowest BCUT2D eigenvalue weighted by Gasteiger charge is -2.02. The second-order valence-corrected chi connectivity index (χ2v) is 4.04. The molecule has 19 heavy (non-hydrogen) atoms. The number of nitrogens with zero attached hydrogens (tertiary/aromatic N) is 2. The first-order valence-corrected chi connectivity index (χ1v) is 5.54. The maximum Gasteiger partial charge on any atom is 0.201 e. The number of hydrogen-bond acceptors (Lipinski definition) is 4. The maximum absolute atomic E-state index is 12.4. The molecule has 1 heterocycles. The molecular formula is C15H6N2O2. The first-order chi connectivity index (χ1) is 9.24. The second kappa shape index (κ2) is 3.97. The molecule has 3 rings (SSSR count). The number of rotatable bonds is 0. The van der Waals surface area contributed by atoms with Crippen molar-refractivity contribution in [3.63, 3.8) is 0 Å². The molecule has 4 nitrogen and oxygen atoms in total. The normalized spacial score (nSPS) is 10.2. The largest absolute Gasteiger partial charge is 0.456 e. The van der Waals surface area contributed by atoms with Crippen LogP contribution >= 0.6 is 0 Å². The van der Waals surface area contributed by atoms with Gasteiger partial charge in [0.2, 0.25) is 5.43 Å². The van der Waals surface area contributed by atoms with Crippen LogP contribution in [0.25, 0.3) is 21.9 Å². The molecule has 0 aliphatic rings. The third-order valence-corrected chi connectivity index (χ3v) is 2.95. The third-order valence-electron chi connectivity index (χ3n) is 2.95. The summed E-state index contributed by atoms with van der Waals surface area (Å²) in [7, 11) is 0. The van der Waals surface area contributed by atoms with Crippen LogP contribution in [0.1, 0.15) is 11.1 Å². The van der Waals surface area contributed by atoms with E-state index in [0.717, 1.165) is 0 Å². The van der Waals surface area contributed by atoms with Crippen LogP contribution in [0, 0.1) is 22.7 Å². The van der Waals surface area contributed by atoms with Crippen LogP contribution in [-0.2, 0) is 0 Å². The fourth-order valence-electron chi connectivity index (χ4n) is 2.06. The Morgan fingerprint density at radius 1 is 1.00 bits per heavy atom. The summed E-state index contributed by atoms with van der Waals surface area (Å²) in [6, 6.07) is 13.5. The Morgan fingerprint density at radius 3 is 2.58 bits per heavy atom. The molecule has 0 aliphatic carbocycles. The molecule has 0 radical (unpaired) electrons. The van der Waals surface area contributed by atoms with Crippen molar-refractivity contribution < 1.29 is 4.42 Å². The highest BCUT2D eigenvalue weighted by Crippen LogP contribution is 2.21. The molecule has 4 heteroatoms. The van der Waals surface area contributed by atoms with Crippen LogP contribution in [-0.4, -0.2) is 0 Å². The monoisotopic (exact) mass is 246 g/mol. The van der Waals surface area contributed by atoms with Crippen LogP contribution < -0.4 is 5.43 Å². The quantitative estimate of drug-likeness (QED) is 0.571. The Hall–Kier alpha value is -3.11. The molecule has 0 fully saturated rings. The summed E-state index contributed by atoms with van der Waals surface area (Å²) in [5.41, 5.74) is 1.16. The van der Waals surface area contributed by atoms with Crippen molar-refractivity contribution in [1.82, 2.24) is 0 Å². The van der Waals surface area contributed by atoms with Crippen LogP contribution in [0.3, 0.4) is 0 Å². The van der Waals surface area contributed by atoms with Crippen LogP contribution in [0.4, 0.5) is 0 Å². The Balaban J connectivity index is 2.60. The van der Waals surface area contributed by atoms with E-state index in [0.29, 0.717) is 22.1 Å². The summed E-state index contributed by atoms with van der Waals surface area (Å²) in [6.07, 6.45) is 0. The van der Waals surface area contributed by atoms with E-state index < -0.39 is 0 Å². The van der Waals surface area contributed by atoms with Crippen molar-refractivity contribution in [2.45, 2.75) is 0 Å². The number of fused-ring (bicyclic) bond motifs is 2. The summed E-state index contributed by atoms with van der Waals surface area (Å²) in [5, 5.41) is 18.5. The first-order valence-electron chi connectivity index (χ1n) is 5.54. The smallest absolute Gasteiger partial charge is 0.201 e. The SMILES string of the molecule is N#Cc1ccc2oc3cccc(C#N)c3c(=O)c2c1. The van der Waals surface area contributed by atoms with E-state index in [9.17, 15) is 4.79 Å². The maximum atomic E-state index is 12.4. The van der Waals surface area contributed by atoms with Gasteiger partial charge in [-0.05, 0) is 30.3 Å². The lowest BCUT2D eigenvalue weighted by atomic mass is 10.1. The Labute approximate surface area is 107 Å². The van der Waals surface area contributed by atoms with Gasteiger partial charge in [-0.3, -0.25) is 4.79 Å². The summed E-state index contributed by atoms with van der Waals surface area (Å²) < 4.78 is 5.61. The van der Waals surface area contributed by atoms with Crippen molar-refractivity contribution in [2.75, 3.05) is 0 Å². The van der Waals surface area contributed by atoms with Gasteiger partial charge in [0.15, 0.2) is 0 Å². The molecule has 0 amide bonds. The van der Waals surface area contributed by atoms with E-state index in [-0.39, 0.29) is 16.4 Å². The predicted molar refractivity (Wildman–Crippen MR) is 69.4 cm³/mol. The van der Waals surface area contributed by atoms with Gasteiger partial charge >= 0.3 is 0 Å². The van der Waals surface area contributed by atoms with E-state index >= 15 is 0 Å². The van der Waals surface area contributed by atoms with Crippen LogP contribution in [0.5, 0.6) is 0 Å². The van der Waals surface area contributed by atoms with E-state index in [1.54, 1.807) is 30.3 Å². The molecule has 0 saturated heterocycles. The van der Waals surface area contributed by atoms with Gasteiger partial charge in [-0.15, -0.1) is 0 Å². The molecule has 0 atom stereocenters. The molecule has 1 aromatic heterocycles. The predicted octanol–water partition coefficient (Wildman–Crippen LogP) is 2.69. The fraction of sp³-hybridized carbons (Fsp3) is 0. The lowest BCUT2D eigenvalue weighted by Crippen LogP contribution is -2.04. The molecule has 0 bridgehead atoms. The minimum atomic E-state index is -0.287. The number of nitriles is 2. The average Bonchev–Trinajstić information content (AvgIpc) is 2.46. The standard InChI is InChI=1S/C15H6N2O2/c16-7-9-4-5-12-11(6-9)15(18)14-10(8-17)2-1-3-13(14)19-12/h1-6H. The lowest BCUT2D eigenvalue weighted by molar-refractivity contribution is 0.660. The van der Waals surface area contributed by atoms with Crippen molar-refractivity contribution in [3.05, 3.63) is 57.7 Å². The van der Waals surface area contributed by atoms with Gasteiger partial charge in [-0.25, -0.2) is 0 Å². The first kappa shape index (κ1) is 11.0. The minimum absolute atomic E-state index is 0.257. The summed E-state index contributed by atoms with van der Waals surface area (Å²) in [6.45, 7) is 0. The number of benzene rings is 2. The van der Waals surface area contributed by atoms with E-state index in [1.165, 1.54) is 6.07 Å². The summed E-state index contributed by atoms with van der Waals surface area (Å²) >= 11 is 0. The van der Waals surface area contributed by atoms with Crippen molar-refractivity contribution >= 4 is 21.9 Å². The van der Waals surface area contributed by atoms with Gasteiger partial charge in [-0.1, -0.05) is 6.07 Å². The summed E-state index contributed by atoms with van der Waals surface area (Å²) in [5.74, 6) is 0. The third kappa shape index (κ3) is 1.55. The molecule has 0 spiro atoms. The zero-order chi connectivity index (χ0) is 13.4. The highest BCUT2D eigenvalue weighted by molar-refractivity contribution is 5.93. The van der Waals surface area contributed by atoms with Crippen molar-refractivity contribution in [3.8, 4) is 12.1 Å². The Morgan fingerprint density at radius 2 is 1.84 bits per heavy atom. The Kier molecular flexibility index (Phi) is 2.30. The van der Waals surface area contributed by atoms with Gasteiger partial charge in [0.25, 0.3) is 0 Å². The zero-order valence-corrected chi connectivity index (χ0v) is 9.68. The van der Waals surface area contributed by atoms with Gasteiger partial charge in [0.05, 0.1) is 28.0 Å². The molecule has 2 aromatic carbocycles. The topological polar surface area (TPSA) is 77.8 Å². The minimum Gasteiger partial charge on any atom is -0.456 e. The Bertz CT molecular complexity index is 956. The molecule has 0 N–H and O–H groups in total. The van der Waals surface area contributed by atoms with Gasteiger partial charge in [0.1, 0.15) is 17.2 Å². The molecular weight excluding hydrogens is 240 g/mol. The second-order valence-electron chi connectivity index (χ2n) is 4.04. The fourth-order valence-corrected chi connectivity index (χ4v) is 2.06.